The molecule has 0 aromatic carbocycles. The van der Waals surface area contributed by atoms with E-state index in [0.29, 0.717) is 0 Å². The molecule has 2 heterocycles. The number of hydrogen-bond donors (Lipinski definition) is 0. The van der Waals surface area contributed by atoms with Crippen LogP contribution in [-0.2, 0) is 13.1 Å². The molecule has 0 aliphatic heterocycles. The van der Waals surface area contributed by atoms with Crippen LogP contribution in [0, 0.1) is 61.2 Å². The Morgan fingerprint density at radius 2 is 0.875 bits per heavy atom. The van der Waals surface area contributed by atoms with Crippen molar-refractivity contribution >= 4 is 31.9 Å². The summed E-state index contributed by atoms with van der Waals surface area (Å²) in [6.45, 7) is 6.38. The van der Waals surface area contributed by atoms with E-state index in [1.807, 2.05) is 0 Å². The Hall–Kier alpha value is -2.50. The van der Waals surface area contributed by atoms with Crippen molar-refractivity contribution in [2.75, 3.05) is 10.7 Å². The van der Waals surface area contributed by atoms with Crippen molar-refractivity contribution in [2.45, 2.75) is 104 Å². The van der Waals surface area contributed by atoms with Crippen molar-refractivity contribution in [3.63, 3.8) is 0 Å². The molecule has 2 aromatic rings. The van der Waals surface area contributed by atoms with Crippen molar-refractivity contribution in [3.05, 3.63) is 60.2 Å². The molecule has 0 radical (unpaired) electrons. The van der Waals surface area contributed by atoms with E-state index >= 15 is 0 Å². The number of pyridine rings is 2. The molecule has 2 rings (SSSR count). The fourth-order valence-electron chi connectivity index (χ4n) is 3.64. The zero-order valence-electron chi connectivity index (χ0n) is 24.6. The van der Waals surface area contributed by atoms with Gasteiger partial charge in [0.25, 0.3) is 0 Å². The molecule has 4 heteroatoms. The van der Waals surface area contributed by atoms with E-state index in [4.69, 9.17) is 0 Å². The van der Waals surface area contributed by atoms with Crippen molar-refractivity contribution in [1.29, 1.82) is 0 Å². The zero-order valence-corrected chi connectivity index (χ0v) is 27.8. The van der Waals surface area contributed by atoms with Gasteiger partial charge in [-0.2, -0.15) is 0 Å². The molecule has 2 nitrogen and oxygen atoms in total. The van der Waals surface area contributed by atoms with Gasteiger partial charge < -0.3 is 0 Å². The molecule has 212 valence electrons. The average molecular weight is 667 g/mol. The first-order valence-electron chi connectivity index (χ1n) is 14.6. The van der Waals surface area contributed by atoms with E-state index in [-0.39, 0.29) is 0 Å². The van der Waals surface area contributed by atoms with Gasteiger partial charge in [-0.1, -0.05) is 55.5 Å². The summed E-state index contributed by atoms with van der Waals surface area (Å²) in [5, 5.41) is 2.15. The molecule has 0 saturated heterocycles. The largest absolute Gasteiger partial charge is 0.205 e. The smallest absolute Gasteiger partial charge is 0.171 e. The quantitative estimate of drug-likeness (QED) is 0.0835. The van der Waals surface area contributed by atoms with Crippen LogP contribution in [0.1, 0.15) is 88.2 Å². The van der Waals surface area contributed by atoms with Gasteiger partial charge in [-0.3, -0.25) is 0 Å². The number of hydrogen-bond acceptors (Lipinski definition) is 0. The Balaban J connectivity index is 0.000000486. The highest BCUT2D eigenvalue weighted by Gasteiger charge is 1.99. The number of halogens is 2. The Morgan fingerprint density at radius 1 is 0.525 bits per heavy atom. The summed E-state index contributed by atoms with van der Waals surface area (Å²) in [5.41, 5.74) is 2.61. The second kappa shape index (κ2) is 26.7. The zero-order chi connectivity index (χ0) is 28.9. The van der Waals surface area contributed by atoms with Crippen LogP contribution >= 0.6 is 31.9 Å². The molecule has 0 N–H and O–H groups in total. The Bertz CT molecular complexity index is 1090. The van der Waals surface area contributed by atoms with Crippen LogP contribution in [-0.4, -0.2) is 10.7 Å². The first-order chi connectivity index (χ1) is 19.7. The fraction of sp³-hybridized carbons (Fsp3) is 0.500. The third-order valence-electron chi connectivity index (χ3n) is 5.80. The Kier molecular flexibility index (Phi) is 23.7. The van der Waals surface area contributed by atoms with E-state index in [1.54, 1.807) is 0 Å². The molecule has 0 atom stereocenters. The van der Waals surface area contributed by atoms with Gasteiger partial charge in [0, 0.05) is 72.4 Å². The fourth-order valence-corrected chi connectivity index (χ4v) is 4.44. The number of aryl methyl sites for hydroxylation is 4. The number of nitrogens with zero attached hydrogens (tertiary/aromatic N) is 2. The van der Waals surface area contributed by atoms with E-state index in [0.717, 1.165) is 75.1 Å². The molecule has 0 spiro atoms. The molecular formula is C36H46Br2N2+2. The first-order valence-corrected chi connectivity index (χ1v) is 16.8. The standard InChI is InChI=1S/C24H30N2.C12H16Br2/c1-23-15-13-19-25(21-23)17-11-9-7-5-3-4-6-8-10-12-18-26-20-14-16-24(2)22-26;13-11-9-7-5-3-1-2-4-6-8-10-12-14/h13-16,19-22H,7-12,17-18H2,1-2H3;5-12H2/q+2;. The third kappa shape index (κ3) is 22.3. The highest BCUT2D eigenvalue weighted by atomic mass is 79.9. The monoisotopic (exact) mass is 664 g/mol. The molecule has 0 bridgehead atoms. The van der Waals surface area contributed by atoms with Crippen molar-refractivity contribution in [3.8, 4) is 47.4 Å². The van der Waals surface area contributed by atoms with Crippen molar-refractivity contribution in [2.24, 2.45) is 0 Å². The summed E-state index contributed by atoms with van der Waals surface area (Å²) >= 11 is 6.77. The maximum atomic E-state index is 3.39. The molecule has 0 aliphatic rings. The number of unbranched alkanes of at least 4 members (excludes halogenated alkanes) is 8. The van der Waals surface area contributed by atoms with Crippen LogP contribution in [0.5, 0.6) is 0 Å². The normalized spacial score (nSPS) is 9.30. The number of aromatic nitrogens is 2. The van der Waals surface area contributed by atoms with E-state index < -0.39 is 0 Å². The van der Waals surface area contributed by atoms with Gasteiger partial charge in [0.15, 0.2) is 24.8 Å². The lowest BCUT2D eigenvalue weighted by Gasteiger charge is -1.96. The summed E-state index contributed by atoms with van der Waals surface area (Å²) in [4.78, 5) is 0. The molecule has 0 saturated carbocycles. The third-order valence-corrected chi connectivity index (χ3v) is 6.92. The number of rotatable bonds is 14. The molecule has 40 heavy (non-hydrogen) atoms. The summed E-state index contributed by atoms with van der Waals surface area (Å²) in [7, 11) is 0. The molecular weight excluding hydrogens is 620 g/mol. The van der Waals surface area contributed by atoms with Crippen LogP contribution in [0.15, 0.2) is 49.1 Å². The second-order valence-electron chi connectivity index (χ2n) is 9.65. The lowest BCUT2D eigenvalue weighted by Crippen LogP contribution is -2.32. The Labute approximate surface area is 262 Å². The molecule has 0 aliphatic carbocycles. The van der Waals surface area contributed by atoms with Gasteiger partial charge in [-0.25, -0.2) is 9.13 Å². The van der Waals surface area contributed by atoms with Crippen molar-refractivity contribution < 1.29 is 9.13 Å². The average Bonchev–Trinajstić information content (AvgIpc) is 2.95. The second-order valence-corrected chi connectivity index (χ2v) is 11.2. The van der Waals surface area contributed by atoms with Gasteiger partial charge in [-0.15, -0.1) is 0 Å². The van der Waals surface area contributed by atoms with Crippen molar-refractivity contribution in [1.82, 2.24) is 0 Å². The topological polar surface area (TPSA) is 7.76 Å². The molecule has 0 amide bonds. The predicted molar refractivity (Wildman–Crippen MR) is 177 cm³/mol. The van der Waals surface area contributed by atoms with Gasteiger partial charge >= 0.3 is 0 Å². The van der Waals surface area contributed by atoms with E-state index in [9.17, 15) is 0 Å². The van der Waals surface area contributed by atoms with Gasteiger partial charge in [0.05, 0.1) is 0 Å². The maximum Gasteiger partial charge on any atom is 0.171 e. The summed E-state index contributed by atoms with van der Waals surface area (Å²) < 4.78 is 4.50. The first kappa shape index (κ1) is 35.5. The van der Waals surface area contributed by atoms with Crippen LogP contribution in [0.25, 0.3) is 0 Å². The van der Waals surface area contributed by atoms with Crippen LogP contribution in [0.2, 0.25) is 0 Å². The summed E-state index contributed by atoms with van der Waals surface area (Å²) in [5.74, 6) is 24.2. The summed E-state index contributed by atoms with van der Waals surface area (Å²) in [6.07, 6.45) is 21.8. The maximum absolute atomic E-state index is 3.39. The van der Waals surface area contributed by atoms with Crippen LogP contribution < -0.4 is 9.13 Å². The van der Waals surface area contributed by atoms with Gasteiger partial charge in [-0.05, 0) is 88.2 Å². The lowest BCUT2D eigenvalue weighted by molar-refractivity contribution is -0.697. The van der Waals surface area contributed by atoms with Crippen LogP contribution in [0.4, 0.5) is 0 Å². The minimum absolute atomic E-state index is 0.936. The molecule has 0 fully saturated rings. The molecule has 0 unspecified atom stereocenters. The van der Waals surface area contributed by atoms with E-state index in [1.165, 1.54) is 36.8 Å². The predicted octanol–water partition coefficient (Wildman–Crippen LogP) is 8.05. The lowest BCUT2D eigenvalue weighted by atomic mass is 10.2. The van der Waals surface area contributed by atoms with E-state index in [2.05, 4.69) is 151 Å². The highest BCUT2D eigenvalue weighted by Crippen LogP contribution is 1.98. The van der Waals surface area contributed by atoms with Crippen LogP contribution in [0.3, 0.4) is 0 Å². The number of alkyl halides is 2. The minimum atomic E-state index is 0.936. The van der Waals surface area contributed by atoms with Gasteiger partial charge in [0.2, 0.25) is 0 Å². The molecule has 2 aromatic heterocycles. The highest BCUT2D eigenvalue weighted by molar-refractivity contribution is 9.09. The SMILES string of the molecule is BrCCCCC#CC#CCCCCBr.Cc1ccc[n+](CCCCC#CC#CCCCC[n+]2cccc(C)c2)c1. The van der Waals surface area contributed by atoms with Gasteiger partial charge in [0.1, 0.15) is 13.1 Å². The summed E-state index contributed by atoms with van der Waals surface area (Å²) in [6, 6.07) is 8.46. The Morgan fingerprint density at radius 3 is 1.20 bits per heavy atom. The minimum Gasteiger partial charge on any atom is -0.205 e.